The summed E-state index contributed by atoms with van der Waals surface area (Å²) >= 11 is 1.24. The summed E-state index contributed by atoms with van der Waals surface area (Å²) in [5, 5.41) is 8.59. The van der Waals surface area contributed by atoms with Crippen molar-refractivity contribution in [1.82, 2.24) is 4.98 Å². The van der Waals surface area contributed by atoms with E-state index in [9.17, 15) is 9.59 Å². The molecule has 0 bridgehead atoms. The van der Waals surface area contributed by atoms with Gasteiger partial charge in [-0.15, -0.1) is 11.8 Å². The van der Waals surface area contributed by atoms with E-state index in [1.807, 2.05) is 0 Å². The van der Waals surface area contributed by atoms with E-state index < -0.39 is 5.97 Å². The zero-order valence-electron chi connectivity index (χ0n) is 7.97. The van der Waals surface area contributed by atoms with E-state index in [0.717, 1.165) is 4.90 Å². The van der Waals surface area contributed by atoms with E-state index in [2.05, 4.69) is 9.72 Å². The van der Waals surface area contributed by atoms with Gasteiger partial charge in [0.05, 0.1) is 12.9 Å². The third kappa shape index (κ3) is 3.59. The van der Waals surface area contributed by atoms with Crippen LogP contribution in [0.5, 0.6) is 0 Å². The van der Waals surface area contributed by atoms with Crippen LogP contribution in [0.3, 0.4) is 0 Å². The van der Waals surface area contributed by atoms with Gasteiger partial charge in [0.25, 0.3) is 0 Å². The third-order valence-electron chi connectivity index (χ3n) is 1.54. The Labute approximate surface area is 90.5 Å². The minimum absolute atomic E-state index is 0.0163. The Morgan fingerprint density at radius 2 is 2.27 bits per heavy atom. The second kappa shape index (κ2) is 5.35. The van der Waals surface area contributed by atoms with Gasteiger partial charge in [0.1, 0.15) is 5.69 Å². The van der Waals surface area contributed by atoms with Gasteiger partial charge in [0.2, 0.25) is 0 Å². The lowest BCUT2D eigenvalue weighted by Crippen LogP contribution is -2.03. The summed E-state index contributed by atoms with van der Waals surface area (Å²) in [6.45, 7) is 0. The Balaban J connectivity index is 2.57. The molecular weight excluding hydrogens is 218 g/mol. The molecule has 6 heteroatoms. The highest BCUT2D eigenvalue weighted by molar-refractivity contribution is 8.00. The maximum absolute atomic E-state index is 10.8. The van der Waals surface area contributed by atoms with Crippen LogP contribution in [0.25, 0.3) is 0 Å². The summed E-state index contributed by atoms with van der Waals surface area (Å²) in [7, 11) is 1.31. The lowest BCUT2D eigenvalue weighted by atomic mass is 10.4. The first-order valence-electron chi connectivity index (χ1n) is 4.02. The zero-order chi connectivity index (χ0) is 11.3. The Kier molecular flexibility index (Phi) is 4.11. The van der Waals surface area contributed by atoms with E-state index >= 15 is 0 Å². The number of aromatic nitrogens is 1. The molecule has 0 atom stereocenters. The van der Waals surface area contributed by atoms with E-state index in [1.165, 1.54) is 31.1 Å². The van der Waals surface area contributed by atoms with Crippen molar-refractivity contribution in [2.75, 3.05) is 12.9 Å². The van der Waals surface area contributed by atoms with Crippen molar-refractivity contribution < 1.29 is 19.4 Å². The molecule has 0 aromatic carbocycles. The molecule has 5 nitrogen and oxygen atoms in total. The quantitative estimate of drug-likeness (QED) is 0.612. The summed E-state index contributed by atoms with van der Waals surface area (Å²) in [5.41, 5.74) is -0.0163. The molecule has 0 radical (unpaired) electrons. The number of carbonyl (C=O) groups excluding carboxylic acids is 1. The van der Waals surface area contributed by atoms with Crippen molar-refractivity contribution in [3.8, 4) is 0 Å². The van der Waals surface area contributed by atoms with E-state index in [-0.39, 0.29) is 17.4 Å². The van der Waals surface area contributed by atoms with Crippen LogP contribution in [0.1, 0.15) is 10.5 Å². The highest BCUT2D eigenvalue weighted by Crippen LogP contribution is 2.16. The van der Waals surface area contributed by atoms with Crippen molar-refractivity contribution in [2.24, 2.45) is 0 Å². The molecule has 0 aliphatic rings. The molecule has 0 unspecified atom stereocenters. The molecule has 0 spiro atoms. The molecule has 0 aliphatic heterocycles. The number of carboxylic acids is 1. The molecule has 80 valence electrons. The van der Waals surface area contributed by atoms with E-state index in [1.54, 1.807) is 6.07 Å². The van der Waals surface area contributed by atoms with Crippen LogP contribution in [0.2, 0.25) is 0 Å². The van der Waals surface area contributed by atoms with Crippen LogP contribution >= 0.6 is 11.8 Å². The molecule has 1 heterocycles. The monoisotopic (exact) mass is 227 g/mol. The van der Waals surface area contributed by atoms with Crippen LogP contribution in [0.15, 0.2) is 23.2 Å². The van der Waals surface area contributed by atoms with E-state index in [0.29, 0.717) is 0 Å². The Morgan fingerprint density at radius 1 is 1.53 bits per heavy atom. The lowest BCUT2D eigenvalue weighted by molar-refractivity contribution is -0.137. The number of aromatic carboxylic acids is 1. The number of nitrogens with zero attached hydrogens (tertiary/aromatic N) is 1. The van der Waals surface area contributed by atoms with Crippen molar-refractivity contribution >= 4 is 23.7 Å². The summed E-state index contributed by atoms with van der Waals surface area (Å²) in [6, 6.07) is 2.99. The molecule has 1 aromatic heterocycles. The second-order valence-corrected chi connectivity index (χ2v) is 3.60. The van der Waals surface area contributed by atoms with Gasteiger partial charge in [-0.25, -0.2) is 9.78 Å². The first kappa shape index (κ1) is 11.5. The van der Waals surface area contributed by atoms with Gasteiger partial charge in [0.15, 0.2) is 0 Å². The molecule has 1 aromatic rings. The SMILES string of the molecule is COC(=O)CSc1ccc(C(=O)O)nc1. The average Bonchev–Trinajstić information content (AvgIpc) is 2.26. The van der Waals surface area contributed by atoms with Gasteiger partial charge in [0, 0.05) is 11.1 Å². The number of esters is 1. The van der Waals surface area contributed by atoms with Crippen LogP contribution in [-0.2, 0) is 9.53 Å². The van der Waals surface area contributed by atoms with Gasteiger partial charge in [-0.1, -0.05) is 0 Å². The fourth-order valence-electron chi connectivity index (χ4n) is 0.793. The van der Waals surface area contributed by atoms with Crippen molar-refractivity contribution in [3.05, 3.63) is 24.0 Å². The first-order chi connectivity index (χ1) is 7.13. The fraction of sp³-hybridized carbons (Fsp3) is 0.222. The van der Waals surface area contributed by atoms with Crippen LogP contribution in [0.4, 0.5) is 0 Å². The lowest BCUT2D eigenvalue weighted by Gasteiger charge is -2.00. The molecule has 0 amide bonds. The number of methoxy groups -OCH3 is 1. The minimum atomic E-state index is -1.07. The molecular formula is C9H9NO4S. The van der Waals surface area contributed by atoms with Gasteiger partial charge in [-0.3, -0.25) is 4.79 Å². The fourth-order valence-corrected chi connectivity index (χ4v) is 1.49. The van der Waals surface area contributed by atoms with Crippen molar-refractivity contribution in [2.45, 2.75) is 4.90 Å². The minimum Gasteiger partial charge on any atom is -0.477 e. The Bertz CT molecular complexity index is 363. The Hall–Kier alpha value is -1.56. The maximum atomic E-state index is 10.8. The predicted molar refractivity (Wildman–Crippen MR) is 53.9 cm³/mol. The molecule has 1 rings (SSSR count). The summed E-state index contributed by atoms with van der Waals surface area (Å²) < 4.78 is 4.46. The van der Waals surface area contributed by atoms with Crippen LogP contribution < -0.4 is 0 Å². The van der Waals surface area contributed by atoms with Gasteiger partial charge >= 0.3 is 11.9 Å². The normalized spacial score (nSPS) is 9.67. The number of rotatable bonds is 4. The van der Waals surface area contributed by atoms with Crippen molar-refractivity contribution in [1.29, 1.82) is 0 Å². The van der Waals surface area contributed by atoms with Crippen molar-refractivity contribution in [3.63, 3.8) is 0 Å². The van der Waals surface area contributed by atoms with Gasteiger partial charge in [-0.2, -0.15) is 0 Å². The zero-order valence-corrected chi connectivity index (χ0v) is 8.78. The summed E-state index contributed by atoms with van der Waals surface area (Å²) in [4.78, 5) is 25.7. The third-order valence-corrected chi connectivity index (χ3v) is 2.49. The highest BCUT2D eigenvalue weighted by atomic mass is 32.2. The maximum Gasteiger partial charge on any atom is 0.354 e. The van der Waals surface area contributed by atoms with Crippen LogP contribution in [-0.4, -0.2) is 34.9 Å². The molecule has 0 saturated heterocycles. The largest absolute Gasteiger partial charge is 0.477 e. The first-order valence-corrected chi connectivity index (χ1v) is 5.01. The second-order valence-electron chi connectivity index (χ2n) is 2.55. The number of ether oxygens (including phenoxy) is 1. The smallest absolute Gasteiger partial charge is 0.354 e. The number of hydrogen-bond donors (Lipinski definition) is 1. The average molecular weight is 227 g/mol. The number of pyridine rings is 1. The molecule has 0 aliphatic carbocycles. The predicted octanol–water partition coefficient (Wildman–Crippen LogP) is 1.04. The van der Waals surface area contributed by atoms with E-state index in [4.69, 9.17) is 5.11 Å². The molecule has 15 heavy (non-hydrogen) atoms. The standard InChI is InChI=1S/C9H9NO4S/c1-14-8(11)5-15-6-2-3-7(9(12)13)10-4-6/h2-4H,5H2,1H3,(H,12,13). The topological polar surface area (TPSA) is 76.5 Å². The summed E-state index contributed by atoms with van der Waals surface area (Å²) in [5.74, 6) is -1.22. The number of hydrogen-bond acceptors (Lipinski definition) is 5. The van der Waals surface area contributed by atoms with Gasteiger partial charge in [-0.05, 0) is 12.1 Å². The summed E-state index contributed by atoms with van der Waals surface area (Å²) in [6.07, 6.45) is 1.41. The number of thioether (sulfide) groups is 1. The highest BCUT2D eigenvalue weighted by Gasteiger charge is 2.05. The van der Waals surface area contributed by atoms with Crippen LogP contribution in [0, 0.1) is 0 Å². The molecule has 1 N–H and O–H groups in total. The number of carbonyl (C=O) groups is 2. The Morgan fingerprint density at radius 3 is 2.73 bits per heavy atom. The molecule has 0 fully saturated rings. The number of carboxylic acid groups (broad SMARTS) is 1. The molecule has 0 saturated carbocycles. The van der Waals surface area contributed by atoms with Gasteiger partial charge < -0.3 is 9.84 Å².